The highest BCUT2D eigenvalue weighted by Gasteiger charge is 2.15. The Balaban J connectivity index is 1.92. The summed E-state index contributed by atoms with van der Waals surface area (Å²) in [4.78, 5) is 4.41. The summed E-state index contributed by atoms with van der Waals surface area (Å²) in [6, 6.07) is 3.67. The van der Waals surface area contributed by atoms with Gasteiger partial charge in [0.15, 0.2) is 0 Å². The first-order valence-corrected chi connectivity index (χ1v) is 6.68. The molecular weight excluding hydrogens is 250 g/mol. The first-order valence-electron chi connectivity index (χ1n) is 6.68. The smallest absolute Gasteiger partial charge is 0.126 e. The van der Waals surface area contributed by atoms with Crippen LogP contribution in [0.25, 0.3) is 0 Å². The van der Waals surface area contributed by atoms with Crippen molar-refractivity contribution >= 4 is 0 Å². The second-order valence-corrected chi connectivity index (χ2v) is 4.97. The van der Waals surface area contributed by atoms with Crippen LogP contribution >= 0.6 is 0 Å². The molecule has 2 rings (SSSR count). The molecular formula is C14H20F2N2O. The van der Waals surface area contributed by atoms with Gasteiger partial charge in [-0.3, -0.25) is 9.80 Å². The summed E-state index contributed by atoms with van der Waals surface area (Å²) in [5, 5.41) is 8.93. The van der Waals surface area contributed by atoms with E-state index in [-0.39, 0.29) is 6.61 Å². The summed E-state index contributed by atoms with van der Waals surface area (Å²) in [6.45, 7) is 5.07. The molecule has 0 unspecified atom stereocenters. The fourth-order valence-electron chi connectivity index (χ4n) is 2.51. The van der Waals surface area contributed by atoms with Crippen LogP contribution in [0.4, 0.5) is 8.78 Å². The monoisotopic (exact) mass is 270 g/mol. The maximum Gasteiger partial charge on any atom is 0.126 e. The van der Waals surface area contributed by atoms with Gasteiger partial charge in [-0.15, -0.1) is 0 Å². The van der Waals surface area contributed by atoms with E-state index in [0.29, 0.717) is 18.7 Å². The Bertz CT molecular complexity index is 394. The van der Waals surface area contributed by atoms with Crippen LogP contribution in [0.2, 0.25) is 0 Å². The molecule has 3 nitrogen and oxygen atoms in total. The second-order valence-electron chi connectivity index (χ2n) is 4.97. The molecule has 0 atom stereocenters. The first kappa shape index (κ1) is 14.4. The van der Waals surface area contributed by atoms with Crippen LogP contribution in [0.1, 0.15) is 12.0 Å². The SMILES string of the molecule is OCCN1CCCN(Cc2cc(F)cc(F)c2)CC1. The lowest BCUT2D eigenvalue weighted by Gasteiger charge is -2.21. The van der Waals surface area contributed by atoms with Crippen molar-refractivity contribution in [2.24, 2.45) is 0 Å². The molecule has 0 saturated carbocycles. The molecule has 1 aromatic carbocycles. The highest BCUT2D eigenvalue weighted by molar-refractivity contribution is 5.17. The van der Waals surface area contributed by atoms with Gasteiger partial charge in [0, 0.05) is 32.2 Å². The van der Waals surface area contributed by atoms with Gasteiger partial charge in [0.2, 0.25) is 0 Å². The molecule has 0 aliphatic carbocycles. The third kappa shape index (κ3) is 4.53. The van der Waals surface area contributed by atoms with Crippen molar-refractivity contribution < 1.29 is 13.9 Å². The molecule has 19 heavy (non-hydrogen) atoms. The molecule has 0 spiro atoms. The maximum absolute atomic E-state index is 13.1. The van der Waals surface area contributed by atoms with Crippen molar-refractivity contribution in [3.05, 3.63) is 35.4 Å². The number of rotatable bonds is 4. The minimum atomic E-state index is -0.522. The van der Waals surface area contributed by atoms with Crippen LogP contribution < -0.4 is 0 Å². The van der Waals surface area contributed by atoms with E-state index >= 15 is 0 Å². The van der Waals surface area contributed by atoms with E-state index < -0.39 is 11.6 Å². The average molecular weight is 270 g/mol. The topological polar surface area (TPSA) is 26.7 Å². The molecule has 1 aliphatic heterocycles. The van der Waals surface area contributed by atoms with Crippen molar-refractivity contribution in [1.29, 1.82) is 0 Å². The summed E-state index contributed by atoms with van der Waals surface area (Å²) in [6.07, 6.45) is 1.01. The van der Waals surface area contributed by atoms with Gasteiger partial charge in [0.05, 0.1) is 6.61 Å². The number of nitrogens with zero attached hydrogens (tertiary/aromatic N) is 2. The number of hydrogen-bond acceptors (Lipinski definition) is 3. The zero-order valence-electron chi connectivity index (χ0n) is 11.0. The Hall–Kier alpha value is -1.04. The molecule has 0 amide bonds. The van der Waals surface area contributed by atoms with E-state index in [1.807, 2.05) is 0 Å². The fraction of sp³-hybridized carbons (Fsp3) is 0.571. The van der Waals surface area contributed by atoms with E-state index in [1.165, 1.54) is 12.1 Å². The van der Waals surface area contributed by atoms with Crippen molar-refractivity contribution in [1.82, 2.24) is 9.80 Å². The van der Waals surface area contributed by atoms with Gasteiger partial charge in [0.1, 0.15) is 11.6 Å². The maximum atomic E-state index is 13.1. The van der Waals surface area contributed by atoms with Gasteiger partial charge >= 0.3 is 0 Å². The number of aliphatic hydroxyl groups is 1. The van der Waals surface area contributed by atoms with Gasteiger partial charge < -0.3 is 5.11 Å². The molecule has 1 aliphatic rings. The summed E-state index contributed by atoms with van der Waals surface area (Å²) >= 11 is 0. The molecule has 0 bridgehead atoms. The standard InChI is InChI=1S/C14H20F2N2O/c15-13-8-12(9-14(16)10-13)11-18-3-1-2-17(4-5-18)6-7-19/h8-10,19H,1-7,11H2. The lowest BCUT2D eigenvalue weighted by atomic mass is 10.2. The van der Waals surface area contributed by atoms with Gasteiger partial charge in [-0.05, 0) is 37.2 Å². The number of benzene rings is 1. The van der Waals surface area contributed by atoms with Gasteiger partial charge in [0.25, 0.3) is 0 Å². The molecule has 0 aromatic heterocycles. The van der Waals surface area contributed by atoms with Crippen LogP contribution in [0.15, 0.2) is 18.2 Å². The van der Waals surface area contributed by atoms with Crippen molar-refractivity contribution in [2.45, 2.75) is 13.0 Å². The zero-order valence-corrected chi connectivity index (χ0v) is 11.0. The minimum Gasteiger partial charge on any atom is -0.395 e. The Labute approximate surface area is 112 Å². The largest absolute Gasteiger partial charge is 0.395 e. The minimum absolute atomic E-state index is 0.176. The zero-order chi connectivity index (χ0) is 13.7. The predicted molar refractivity (Wildman–Crippen MR) is 69.8 cm³/mol. The third-order valence-electron chi connectivity index (χ3n) is 3.43. The highest BCUT2D eigenvalue weighted by Crippen LogP contribution is 2.12. The number of β-amino-alcohol motifs (C(OH)–C–C–N with tert-alkyl or cyclic N) is 1. The Kier molecular flexibility index (Phi) is 5.24. The van der Waals surface area contributed by atoms with E-state index in [0.717, 1.165) is 38.7 Å². The first-order chi connectivity index (χ1) is 9.17. The summed E-state index contributed by atoms with van der Waals surface area (Å²) in [7, 11) is 0. The Morgan fingerprint density at radius 2 is 1.58 bits per heavy atom. The van der Waals surface area contributed by atoms with Gasteiger partial charge in [-0.25, -0.2) is 8.78 Å². The van der Waals surface area contributed by atoms with Gasteiger partial charge in [-0.1, -0.05) is 0 Å². The third-order valence-corrected chi connectivity index (χ3v) is 3.43. The van der Waals surface area contributed by atoms with Crippen molar-refractivity contribution in [3.8, 4) is 0 Å². The molecule has 1 heterocycles. The normalized spacial score (nSPS) is 18.5. The number of halogens is 2. The Morgan fingerprint density at radius 1 is 0.947 bits per heavy atom. The van der Waals surface area contributed by atoms with Crippen LogP contribution in [0.3, 0.4) is 0 Å². The van der Waals surface area contributed by atoms with Crippen LogP contribution in [-0.4, -0.2) is 54.2 Å². The molecule has 1 fully saturated rings. The van der Waals surface area contributed by atoms with E-state index in [1.54, 1.807) is 0 Å². The van der Waals surface area contributed by atoms with E-state index in [4.69, 9.17) is 5.11 Å². The molecule has 1 saturated heterocycles. The number of hydrogen-bond donors (Lipinski definition) is 1. The van der Waals surface area contributed by atoms with E-state index in [2.05, 4.69) is 9.80 Å². The molecule has 1 aromatic rings. The fourth-order valence-corrected chi connectivity index (χ4v) is 2.51. The summed E-state index contributed by atoms with van der Waals surface area (Å²) in [5.41, 5.74) is 0.674. The van der Waals surface area contributed by atoms with Crippen molar-refractivity contribution in [2.75, 3.05) is 39.3 Å². The lowest BCUT2D eigenvalue weighted by Crippen LogP contribution is -2.32. The van der Waals surface area contributed by atoms with Crippen LogP contribution in [-0.2, 0) is 6.54 Å². The van der Waals surface area contributed by atoms with E-state index in [9.17, 15) is 8.78 Å². The molecule has 0 radical (unpaired) electrons. The Morgan fingerprint density at radius 3 is 2.26 bits per heavy atom. The highest BCUT2D eigenvalue weighted by atomic mass is 19.1. The summed E-state index contributed by atoms with van der Waals surface area (Å²) in [5.74, 6) is -1.04. The molecule has 106 valence electrons. The van der Waals surface area contributed by atoms with Crippen molar-refractivity contribution in [3.63, 3.8) is 0 Å². The van der Waals surface area contributed by atoms with Crippen LogP contribution in [0, 0.1) is 11.6 Å². The number of aliphatic hydroxyl groups excluding tert-OH is 1. The second kappa shape index (κ2) is 6.93. The van der Waals surface area contributed by atoms with Crippen LogP contribution in [0.5, 0.6) is 0 Å². The lowest BCUT2D eigenvalue weighted by molar-refractivity contribution is 0.196. The molecule has 1 N–H and O–H groups in total. The van der Waals surface area contributed by atoms with Gasteiger partial charge in [-0.2, -0.15) is 0 Å². The summed E-state index contributed by atoms with van der Waals surface area (Å²) < 4.78 is 26.3. The quantitative estimate of drug-likeness (QED) is 0.897. The average Bonchev–Trinajstić information content (AvgIpc) is 2.54. The molecule has 5 heteroatoms. The predicted octanol–water partition coefficient (Wildman–Crippen LogP) is 1.46.